The summed E-state index contributed by atoms with van der Waals surface area (Å²) in [5, 5.41) is 3.34. The molecule has 1 atom stereocenters. The van der Waals surface area contributed by atoms with Gasteiger partial charge in [0.05, 0.1) is 6.61 Å². The van der Waals surface area contributed by atoms with Gasteiger partial charge in [0, 0.05) is 31.2 Å². The molecule has 0 spiro atoms. The number of carbonyl (C=O) groups is 1. The van der Waals surface area contributed by atoms with Gasteiger partial charge in [-0.25, -0.2) is 0 Å². The summed E-state index contributed by atoms with van der Waals surface area (Å²) >= 11 is 0. The predicted octanol–water partition coefficient (Wildman–Crippen LogP) is 1.83. The average Bonchev–Trinajstić information content (AvgIpc) is 2.41. The molecule has 0 aromatic heterocycles. The number of amides is 1. The highest BCUT2D eigenvalue weighted by Gasteiger charge is 2.22. The van der Waals surface area contributed by atoms with E-state index in [1.165, 1.54) is 0 Å². The van der Waals surface area contributed by atoms with Crippen molar-refractivity contribution in [2.75, 3.05) is 26.2 Å². The Bertz CT molecular complexity index is 459. The van der Waals surface area contributed by atoms with Gasteiger partial charge in [0.2, 0.25) is 0 Å². The van der Waals surface area contributed by atoms with Crippen molar-refractivity contribution in [2.45, 2.75) is 26.8 Å². The molecule has 1 heterocycles. The fourth-order valence-electron chi connectivity index (χ4n) is 2.34. The van der Waals surface area contributed by atoms with Crippen molar-refractivity contribution in [3.05, 3.63) is 29.3 Å². The Morgan fingerprint density at radius 1 is 1.53 bits per heavy atom. The molecule has 1 saturated heterocycles. The molecule has 2 rings (SSSR count). The van der Waals surface area contributed by atoms with Crippen LogP contribution in [0.5, 0.6) is 5.75 Å². The Balaban J connectivity index is 2.16. The van der Waals surface area contributed by atoms with Gasteiger partial charge >= 0.3 is 0 Å². The minimum absolute atomic E-state index is 0.0919. The van der Waals surface area contributed by atoms with Gasteiger partial charge in [-0.15, -0.1) is 0 Å². The van der Waals surface area contributed by atoms with Crippen molar-refractivity contribution in [1.29, 1.82) is 0 Å². The molecule has 104 valence electrons. The topological polar surface area (TPSA) is 41.6 Å². The minimum Gasteiger partial charge on any atom is -0.494 e. The molecule has 1 amide bonds. The Kier molecular flexibility index (Phi) is 4.43. The zero-order valence-electron chi connectivity index (χ0n) is 11.9. The monoisotopic (exact) mass is 262 g/mol. The number of aryl methyl sites for hydroxylation is 1. The standard InChI is InChI=1S/C15H22N2O2/c1-4-19-14-9-13(6-5-11(14)2)15(18)17-8-7-16-12(3)10-17/h5-6,9,12,16H,4,7-8,10H2,1-3H3. The van der Waals surface area contributed by atoms with E-state index in [1.807, 2.05) is 36.9 Å². The zero-order chi connectivity index (χ0) is 13.8. The van der Waals surface area contributed by atoms with E-state index in [4.69, 9.17) is 4.74 Å². The van der Waals surface area contributed by atoms with Crippen molar-refractivity contribution in [3.63, 3.8) is 0 Å². The van der Waals surface area contributed by atoms with Crippen LogP contribution in [0.3, 0.4) is 0 Å². The van der Waals surface area contributed by atoms with Gasteiger partial charge in [-0.05, 0) is 38.5 Å². The fraction of sp³-hybridized carbons (Fsp3) is 0.533. The van der Waals surface area contributed by atoms with Crippen LogP contribution in [0.25, 0.3) is 0 Å². The molecule has 4 heteroatoms. The highest BCUT2D eigenvalue weighted by Crippen LogP contribution is 2.21. The van der Waals surface area contributed by atoms with Crippen LogP contribution in [0.2, 0.25) is 0 Å². The highest BCUT2D eigenvalue weighted by atomic mass is 16.5. The summed E-state index contributed by atoms with van der Waals surface area (Å²) in [5.41, 5.74) is 1.77. The van der Waals surface area contributed by atoms with Crippen molar-refractivity contribution in [3.8, 4) is 5.75 Å². The molecule has 19 heavy (non-hydrogen) atoms. The van der Waals surface area contributed by atoms with Crippen LogP contribution in [0.1, 0.15) is 29.8 Å². The van der Waals surface area contributed by atoms with Gasteiger partial charge in [-0.2, -0.15) is 0 Å². The number of hydrogen-bond donors (Lipinski definition) is 1. The van der Waals surface area contributed by atoms with E-state index in [9.17, 15) is 4.79 Å². The summed E-state index contributed by atoms with van der Waals surface area (Å²) in [7, 11) is 0. The SMILES string of the molecule is CCOc1cc(C(=O)N2CCNC(C)C2)ccc1C. The van der Waals surface area contributed by atoms with Crippen LogP contribution in [-0.4, -0.2) is 43.1 Å². The fourth-order valence-corrected chi connectivity index (χ4v) is 2.34. The lowest BCUT2D eigenvalue weighted by Crippen LogP contribution is -2.51. The zero-order valence-corrected chi connectivity index (χ0v) is 11.9. The molecular weight excluding hydrogens is 240 g/mol. The molecule has 1 N–H and O–H groups in total. The van der Waals surface area contributed by atoms with Gasteiger partial charge in [-0.1, -0.05) is 6.07 Å². The molecule has 1 fully saturated rings. The van der Waals surface area contributed by atoms with Crippen molar-refractivity contribution >= 4 is 5.91 Å². The molecular formula is C15H22N2O2. The molecule has 0 bridgehead atoms. The third-order valence-electron chi connectivity index (χ3n) is 3.39. The molecule has 0 saturated carbocycles. The maximum Gasteiger partial charge on any atom is 0.254 e. The van der Waals surface area contributed by atoms with Crippen LogP contribution < -0.4 is 10.1 Å². The minimum atomic E-state index is 0.0919. The molecule has 0 aliphatic carbocycles. The van der Waals surface area contributed by atoms with E-state index >= 15 is 0 Å². The third kappa shape index (κ3) is 3.26. The van der Waals surface area contributed by atoms with Gasteiger partial charge in [0.25, 0.3) is 5.91 Å². The summed E-state index contributed by atoms with van der Waals surface area (Å²) in [6.45, 7) is 9.04. The Morgan fingerprint density at radius 3 is 3.00 bits per heavy atom. The maximum absolute atomic E-state index is 12.5. The molecule has 0 radical (unpaired) electrons. The van der Waals surface area contributed by atoms with Gasteiger partial charge in [0.15, 0.2) is 0 Å². The lowest BCUT2D eigenvalue weighted by atomic mass is 10.1. The number of carbonyl (C=O) groups excluding carboxylic acids is 1. The molecule has 1 aliphatic rings. The van der Waals surface area contributed by atoms with E-state index in [1.54, 1.807) is 0 Å². The van der Waals surface area contributed by atoms with Crippen LogP contribution in [0.15, 0.2) is 18.2 Å². The van der Waals surface area contributed by atoms with E-state index < -0.39 is 0 Å². The first-order valence-electron chi connectivity index (χ1n) is 6.88. The second-order valence-corrected chi connectivity index (χ2v) is 5.02. The second kappa shape index (κ2) is 6.06. The third-order valence-corrected chi connectivity index (χ3v) is 3.39. The molecule has 1 unspecified atom stereocenters. The van der Waals surface area contributed by atoms with E-state index in [0.29, 0.717) is 18.2 Å². The van der Waals surface area contributed by atoms with Crippen LogP contribution in [0.4, 0.5) is 0 Å². The predicted molar refractivity (Wildman–Crippen MR) is 75.7 cm³/mol. The first-order valence-corrected chi connectivity index (χ1v) is 6.88. The number of piperazine rings is 1. The van der Waals surface area contributed by atoms with Crippen LogP contribution in [-0.2, 0) is 0 Å². The second-order valence-electron chi connectivity index (χ2n) is 5.02. The summed E-state index contributed by atoms with van der Waals surface area (Å²) in [6.07, 6.45) is 0. The van der Waals surface area contributed by atoms with E-state index in [-0.39, 0.29) is 5.91 Å². The molecule has 1 aromatic carbocycles. The Morgan fingerprint density at radius 2 is 2.32 bits per heavy atom. The number of nitrogens with one attached hydrogen (secondary N) is 1. The van der Waals surface area contributed by atoms with Gasteiger partial charge in [-0.3, -0.25) is 4.79 Å². The number of ether oxygens (including phenoxy) is 1. The van der Waals surface area contributed by atoms with Crippen molar-refractivity contribution in [1.82, 2.24) is 10.2 Å². The van der Waals surface area contributed by atoms with Gasteiger partial charge in [0.1, 0.15) is 5.75 Å². The van der Waals surface area contributed by atoms with Crippen molar-refractivity contribution < 1.29 is 9.53 Å². The Hall–Kier alpha value is -1.55. The summed E-state index contributed by atoms with van der Waals surface area (Å²) < 4.78 is 5.55. The first kappa shape index (κ1) is 13.9. The number of rotatable bonds is 3. The van der Waals surface area contributed by atoms with E-state index in [2.05, 4.69) is 12.2 Å². The summed E-state index contributed by atoms with van der Waals surface area (Å²) in [6, 6.07) is 6.04. The largest absolute Gasteiger partial charge is 0.494 e. The van der Waals surface area contributed by atoms with Crippen molar-refractivity contribution in [2.24, 2.45) is 0 Å². The number of benzene rings is 1. The molecule has 1 aromatic rings. The molecule has 4 nitrogen and oxygen atoms in total. The average molecular weight is 262 g/mol. The molecule has 1 aliphatic heterocycles. The van der Waals surface area contributed by atoms with Crippen LogP contribution in [0, 0.1) is 6.92 Å². The number of hydrogen-bond acceptors (Lipinski definition) is 3. The smallest absolute Gasteiger partial charge is 0.254 e. The quantitative estimate of drug-likeness (QED) is 0.903. The van der Waals surface area contributed by atoms with E-state index in [0.717, 1.165) is 30.9 Å². The lowest BCUT2D eigenvalue weighted by Gasteiger charge is -2.32. The lowest BCUT2D eigenvalue weighted by molar-refractivity contribution is 0.0708. The maximum atomic E-state index is 12.5. The summed E-state index contributed by atoms with van der Waals surface area (Å²) in [5.74, 6) is 0.894. The normalized spacial score (nSPS) is 19.3. The summed E-state index contributed by atoms with van der Waals surface area (Å²) in [4.78, 5) is 14.4. The number of nitrogens with zero attached hydrogens (tertiary/aromatic N) is 1. The highest BCUT2D eigenvalue weighted by molar-refractivity contribution is 5.94. The van der Waals surface area contributed by atoms with Gasteiger partial charge < -0.3 is 15.0 Å². The van der Waals surface area contributed by atoms with Crippen LogP contribution >= 0.6 is 0 Å². The first-order chi connectivity index (χ1) is 9.11. The Labute approximate surface area is 114 Å².